The molecule has 3 aromatic heterocycles. The van der Waals surface area contributed by atoms with E-state index < -0.39 is 0 Å². The van der Waals surface area contributed by atoms with Gasteiger partial charge in [-0.1, -0.05) is 17.7 Å². The highest BCUT2D eigenvalue weighted by Crippen LogP contribution is 2.41. The number of halogens is 2. The van der Waals surface area contributed by atoms with Crippen LogP contribution in [0.2, 0.25) is 5.15 Å². The molecule has 3 aromatic rings. The standard InChI is InChI=1S/C16H15BrClN3OS/c17-13-11(7-16(19)3-4-16)22-15-10(6-12(18)21-14(13)15)20-8-9-2-1-5-23-9/h1-2,5-6H,3-4,7-8,19H2,(H,20,21). The number of pyridine rings is 1. The lowest BCUT2D eigenvalue weighted by Crippen LogP contribution is -2.24. The van der Waals surface area contributed by atoms with Crippen molar-refractivity contribution in [1.82, 2.24) is 4.98 Å². The van der Waals surface area contributed by atoms with Crippen LogP contribution in [0.15, 0.2) is 32.5 Å². The van der Waals surface area contributed by atoms with Gasteiger partial charge in [-0.25, -0.2) is 4.98 Å². The summed E-state index contributed by atoms with van der Waals surface area (Å²) in [4.78, 5) is 5.64. The molecule has 0 amide bonds. The predicted molar refractivity (Wildman–Crippen MR) is 98.2 cm³/mol. The van der Waals surface area contributed by atoms with E-state index in [0.717, 1.165) is 46.4 Å². The van der Waals surface area contributed by atoms with Crippen molar-refractivity contribution in [3.8, 4) is 0 Å². The van der Waals surface area contributed by atoms with Crippen molar-refractivity contribution in [3.05, 3.63) is 43.8 Å². The molecule has 0 unspecified atom stereocenters. The molecule has 4 nitrogen and oxygen atoms in total. The minimum atomic E-state index is -0.120. The number of furan rings is 1. The van der Waals surface area contributed by atoms with Crippen LogP contribution < -0.4 is 11.1 Å². The third kappa shape index (κ3) is 3.13. The van der Waals surface area contributed by atoms with E-state index >= 15 is 0 Å². The summed E-state index contributed by atoms with van der Waals surface area (Å²) in [6.45, 7) is 0.724. The Bertz CT molecular complexity index is 858. The molecule has 23 heavy (non-hydrogen) atoms. The Kier molecular flexibility index (Phi) is 3.88. The molecule has 3 heterocycles. The number of hydrogen-bond donors (Lipinski definition) is 2. The quantitative estimate of drug-likeness (QED) is 0.582. The number of rotatable bonds is 5. The Morgan fingerprint density at radius 3 is 3.00 bits per heavy atom. The van der Waals surface area contributed by atoms with E-state index in [2.05, 4.69) is 37.7 Å². The van der Waals surface area contributed by atoms with Crippen LogP contribution in [0.1, 0.15) is 23.5 Å². The molecular weight excluding hydrogens is 398 g/mol. The second kappa shape index (κ2) is 5.77. The number of hydrogen-bond acceptors (Lipinski definition) is 5. The van der Waals surface area contributed by atoms with Crippen molar-refractivity contribution in [2.24, 2.45) is 5.73 Å². The molecular formula is C16H15BrClN3OS. The molecule has 3 N–H and O–H groups in total. The van der Waals surface area contributed by atoms with Crippen molar-refractivity contribution in [3.63, 3.8) is 0 Å². The summed E-state index contributed by atoms with van der Waals surface area (Å²) in [5.41, 5.74) is 8.41. The lowest BCUT2D eigenvalue weighted by atomic mass is 10.1. The zero-order valence-corrected chi connectivity index (χ0v) is 15.4. The summed E-state index contributed by atoms with van der Waals surface area (Å²) in [5.74, 6) is 0.842. The van der Waals surface area contributed by atoms with E-state index in [9.17, 15) is 0 Å². The van der Waals surface area contributed by atoms with Gasteiger partial charge in [-0.2, -0.15) is 0 Å². The summed E-state index contributed by atoms with van der Waals surface area (Å²) in [5, 5.41) is 5.89. The second-order valence-electron chi connectivity index (χ2n) is 5.98. The molecule has 120 valence electrons. The third-order valence-electron chi connectivity index (χ3n) is 4.06. The van der Waals surface area contributed by atoms with E-state index in [-0.39, 0.29) is 5.54 Å². The molecule has 4 rings (SSSR count). The number of nitrogens with one attached hydrogen (secondary N) is 1. The van der Waals surface area contributed by atoms with Crippen LogP contribution in [0.3, 0.4) is 0 Å². The van der Waals surface area contributed by atoms with Crippen molar-refractivity contribution >= 4 is 55.7 Å². The number of nitrogens with zero attached hydrogens (tertiary/aromatic N) is 1. The van der Waals surface area contributed by atoms with Gasteiger partial charge in [0.05, 0.1) is 10.2 Å². The topological polar surface area (TPSA) is 64.1 Å². The van der Waals surface area contributed by atoms with Crippen LogP contribution in [-0.4, -0.2) is 10.5 Å². The molecule has 0 aromatic carbocycles. The van der Waals surface area contributed by atoms with Crippen molar-refractivity contribution in [2.75, 3.05) is 5.32 Å². The largest absolute Gasteiger partial charge is 0.456 e. The van der Waals surface area contributed by atoms with Crippen LogP contribution in [0.25, 0.3) is 11.1 Å². The van der Waals surface area contributed by atoms with Gasteiger partial charge in [-0.3, -0.25) is 0 Å². The van der Waals surface area contributed by atoms with Crippen LogP contribution in [0.5, 0.6) is 0 Å². The number of aromatic nitrogens is 1. The number of fused-ring (bicyclic) bond motifs is 1. The molecule has 0 radical (unpaired) electrons. The summed E-state index contributed by atoms with van der Waals surface area (Å²) in [7, 11) is 0. The highest BCUT2D eigenvalue weighted by molar-refractivity contribution is 9.10. The Labute approximate surface area is 151 Å². The van der Waals surface area contributed by atoms with Gasteiger partial charge in [0.25, 0.3) is 0 Å². The Morgan fingerprint density at radius 2 is 2.30 bits per heavy atom. The maximum Gasteiger partial charge on any atom is 0.177 e. The highest BCUT2D eigenvalue weighted by atomic mass is 79.9. The molecule has 0 saturated heterocycles. The van der Waals surface area contributed by atoms with Crippen LogP contribution in [0.4, 0.5) is 5.69 Å². The number of anilines is 1. The Hall–Kier alpha value is -1.08. The molecule has 0 spiro atoms. The van der Waals surface area contributed by atoms with E-state index in [0.29, 0.717) is 11.6 Å². The Balaban J connectivity index is 1.70. The van der Waals surface area contributed by atoms with E-state index in [1.807, 2.05) is 6.07 Å². The normalized spacial score (nSPS) is 16.0. The second-order valence-corrected chi connectivity index (χ2v) is 8.19. The van der Waals surface area contributed by atoms with Gasteiger partial charge >= 0.3 is 0 Å². The Morgan fingerprint density at radius 1 is 1.48 bits per heavy atom. The zero-order chi connectivity index (χ0) is 16.0. The summed E-state index contributed by atoms with van der Waals surface area (Å²) >= 11 is 11.5. The molecule has 1 aliphatic rings. The van der Waals surface area contributed by atoms with Crippen LogP contribution >= 0.6 is 38.9 Å². The van der Waals surface area contributed by atoms with Gasteiger partial charge in [0, 0.05) is 29.4 Å². The fourth-order valence-electron chi connectivity index (χ4n) is 2.55. The SMILES string of the molecule is NC1(Cc2oc3c(NCc4cccs4)cc(Cl)nc3c2Br)CC1. The van der Waals surface area contributed by atoms with Crippen molar-refractivity contribution in [1.29, 1.82) is 0 Å². The first kappa shape index (κ1) is 15.4. The lowest BCUT2D eigenvalue weighted by Gasteiger charge is -2.06. The minimum Gasteiger partial charge on any atom is -0.456 e. The van der Waals surface area contributed by atoms with E-state index in [1.165, 1.54) is 4.88 Å². The summed E-state index contributed by atoms with van der Waals surface area (Å²) in [6, 6.07) is 5.92. The molecule has 1 aliphatic carbocycles. The van der Waals surface area contributed by atoms with Crippen molar-refractivity contribution in [2.45, 2.75) is 31.3 Å². The fraction of sp³-hybridized carbons (Fsp3) is 0.312. The monoisotopic (exact) mass is 411 g/mol. The van der Waals surface area contributed by atoms with E-state index in [4.69, 9.17) is 21.8 Å². The summed E-state index contributed by atoms with van der Waals surface area (Å²) in [6.07, 6.45) is 2.79. The first-order valence-electron chi connectivity index (χ1n) is 7.37. The highest BCUT2D eigenvalue weighted by Gasteiger charge is 2.40. The van der Waals surface area contributed by atoms with Crippen LogP contribution in [0, 0.1) is 0 Å². The van der Waals surface area contributed by atoms with Gasteiger partial charge in [-0.15, -0.1) is 11.3 Å². The predicted octanol–water partition coefficient (Wildman–Crippen LogP) is 4.95. The molecule has 0 aliphatic heterocycles. The molecule has 0 atom stereocenters. The molecule has 1 saturated carbocycles. The maximum absolute atomic E-state index is 6.22. The van der Waals surface area contributed by atoms with Gasteiger partial charge in [0.15, 0.2) is 5.58 Å². The molecule has 0 bridgehead atoms. The molecule has 7 heteroatoms. The van der Waals surface area contributed by atoms with Gasteiger partial charge in [0.1, 0.15) is 16.4 Å². The van der Waals surface area contributed by atoms with Gasteiger partial charge < -0.3 is 15.5 Å². The lowest BCUT2D eigenvalue weighted by molar-refractivity contribution is 0.506. The smallest absolute Gasteiger partial charge is 0.177 e. The fourth-order valence-corrected chi connectivity index (χ4v) is 3.88. The van der Waals surface area contributed by atoms with Gasteiger partial charge in [0.2, 0.25) is 0 Å². The first-order chi connectivity index (χ1) is 11.0. The number of nitrogens with two attached hydrogens (primary N) is 1. The van der Waals surface area contributed by atoms with Gasteiger partial charge in [-0.05, 0) is 40.2 Å². The maximum atomic E-state index is 6.22. The van der Waals surface area contributed by atoms with E-state index in [1.54, 1.807) is 17.4 Å². The third-order valence-corrected chi connectivity index (χ3v) is 5.95. The minimum absolute atomic E-state index is 0.120. The first-order valence-corrected chi connectivity index (χ1v) is 9.42. The average molecular weight is 413 g/mol. The number of thiophene rings is 1. The average Bonchev–Trinajstić information content (AvgIpc) is 2.93. The summed E-state index contributed by atoms with van der Waals surface area (Å²) < 4.78 is 6.92. The zero-order valence-electron chi connectivity index (χ0n) is 12.2. The van der Waals surface area contributed by atoms with Crippen molar-refractivity contribution < 1.29 is 4.42 Å². The molecule has 1 fully saturated rings. The van der Waals surface area contributed by atoms with Crippen LogP contribution in [-0.2, 0) is 13.0 Å².